The Hall–Kier alpha value is -0.523. The summed E-state index contributed by atoms with van der Waals surface area (Å²) >= 11 is 0. The Morgan fingerprint density at radius 2 is 1.95 bits per heavy atom. The van der Waals surface area contributed by atoms with Crippen LogP contribution in [0.15, 0.2) is 12.2 Å². The average molecular weight is 279 g/mol. The van der Waals surface area contributed by atoms with Gasteiger partial charge in [-0.05, 0) is 35.9 Å². The van der Waals surface area contributed by atoms with Gasteiger partial charge in [-0.3, -0.25) is 0 Å². The van der Waals surface area contributed by atoms with Crippen molar-refractivity contribution < 1.29 is 4.43 Å². The van der Waals surface area contributed by atoms with Gasteiger partial charge < -0.3 is 4.43 Å². The van der Waals surface area contributed by atoms with Crippen molar-refractivity contribution in [2.45, 2.75) is 52.8 Å². The van der Waals surface area contributed by atoms with E-state index in [1.807, 2.05) is 0 Å². The van der Waals surface area contributed by atoms with E-state index in [9.17, 15) is 0 Å². The van der Waals surface area contributed by atoms with Crippen molar-refractivity contribution in [2.75, 3.05) is 6.61 Å². The van der Waals surface area contributed by atoms with E-state index in [2.05, 4.69) is 65.8 Å². The predicted octanol–water partition coefficient (Wildman–Crippen LogP) is 4.72. The van der Waals surface area contributed by atoms with Gasteiger partial charge in [0, 0.05) is 12.5 Å². The third kappa shape index (κ3) is 4.23. The van der Waals surface area contributed by atoms with Crippen LogP contribution in [0.2, 0.25) is 18.1 Å². The molecule has 0 unspecified atom stereocenters. The van der Waals surface area contributed by atoms with Crippen molar-refractivity contribution in [1.29, 1.82) is 0 Å². The van der Waals surface area contributed by atoms with E-state index in [1.165, 1.54) is 0 Å². The van der Waals surface area contributed by atoms with Crippen LogP contribution in [0.4, 0.5) is 0 Å². The molecule has 1 saturated carbocycles. The smallest absolute Gasteiger partial charge is 0.192 e. The third-order valence-corrected chi connectivity index (χ3v) is 9.32. The Balaban J connectivity index is 2.39. The van der Waals surface area contributed by atoms with Crippen molar-refractivity contribution in [3.05, 3.63) is 12.2 Å². The molecule has 2 heteroatoms. The maximum absolute atomic E-state index is 6.24. The van der Waals surface area contributed by atoms with Gasteiger partial charge in [0.1, 0.15) is 0 Å². The maximum Gasteiger partial charge on any atom is 0.192 e. The lowest BCUT2D eigenvalue weighted by atomic mass is 10.1. The molecule has 1 aliphatic carbocycles. The fourth-order valence-electron chi connectivity index (χ4n) is 1.98. The van der Waals surface area contributed by atoms with Gasteiger partial charge in [-0.15, -0.1) is 12.3 Å². The van der Waals surface area contributed by atoms with E-state index in [0.717, 1.165) is 6.61 Å². The predicted molar refractivity (Wildman–Crippen MR) is 86.4 cm³/mol. The second kappa shape index (κ2) is 5.85. The van der Waals surface area contributed by atoms with Gasteiger partial charge in [0.25, 0.3) is 0 Å². The first-order valence-corrected chi connectivity index (χ1v) is 10.3. The average Bonchev–Trinajstić information content (AvgIpc) is 2.92. The summed E-state index contributed by atoms with van der Waals surface area (Å²) in [4.78, 5) is 0. The molecule has 0 N–H and O–H groups in total. The largest absolute Gasteiger partial charge is 0.416 e. The SMILES string of the molecule is C#C[C@H]1[C@H](C)[C@@H]1/C=C/[C@@H](C)CO[Si](C)(C)C(C)(C)C. The molecule has 1 aliphatic rings. The van der Waals surface area contributed by atoms with Gasteiger partial charge >= 0.3 is 0 Å². The molecule has 0 amide bonds. The normalized spacial score (nSPS) is 29.3. The molecule has 108 valence electrons. The third-order valence-electron chi connectivity index (χ3n) is 4.81. The minimum Gasteiger partial charge on any atom is -0.416 e. The second-order valence-corrected chi connectivity index (χ2v) is 12.4. The summed E-state index contributed by atoms with van der Waals surface area (Å²) in [5.74, 6) is 5.06. The lowest BCUT2D eigenvalue weighted by Gasteiger charge is -2.36. The number of hydrogen-bond acceptors (Lipinski definition) is 1. The molecule has 0 heterocycles. The quantitative estimate of drug-likeness (QED) is 0.402. The minimum absolute atomic E-state index is 0.288. The van der Waals surface area contributed by atoms with Crippen LogP contribution in [-0.4, -0.2) is 14.9 Å². The van der Waals surface area contributed by atoms with E-state index in [-0.39, 0.29) is 5.04 Å². The van der Waals surface area contributed by atoms with Crippen LogP contribution in [0.25, 0.3) is 0 Å². The Morgan fingerprint density at radius 1 is 1.37 bits per heavy atom. The second-order valence-electron chi connectivity index (χ2n) is 7.56. The molecule has 0 aromatic carbocycles. The number of hydrogen-bond donors (Lipinski definition) is 0. The molecule has 0 spiro atoms. The van der Waals surface area contributed by atoms with E-state index >= 15 is 0 Å². The highest BCUT2D eigenvalue weighted by atomic mass is 28.4. The summed E-state index contributed by atoms with van der Waals surface area (Å²) in [5, 5.41) is 0.288. The molecule has 4 atom stereocenters. The van der Waals surface area contributed by atoms with E-state index in [0.29, 0.717) is 23.7 Å². The van der Waals surface area contributed by atoms with Crippen molar-refractivity contribution in [3.8, 4) is 12.3 Å². The molecule has 1 rings (SSSR count). The Morgan fingerprint density at radius 3 is 2.37 bits per heavy atom. The van der Waals surface area contributed by atoms with Crippen LogP contribution in [0.5, 0.6) is 0 Å². The number of allylic oxidation sites excluding steroid dienone is 1. The fraction of sp³-hybridized carbons (Fsp3) is 0.765. The zero-order valence-electron chi connectivity index (χ0n) is 13.7. The van der Waals surface area contributed by atoms with Gasteiger partial charge in [-0.25, -0.2) is 0 Å². The van der Waals surface area contributed by atoms with Gasteiger partial charge in [0.15, 0.2) is 8.32 Å². The van der Waals surface area contributed by atoms with Gasteiger partial charge in [0.2, 0.25) is 0 Å². The molecule has 0 bridgehead atoms. The van der Waals surface area contributed by atoms with Crippen LogP contribution in [0, 0.1) is 36.0 Å². The Labute approximate surface area is 120 Å². The summed E-state index contributed by atoms with van der Waals surface area (Å²) < 4.78 is 6.24. The summed E-state index contributed by atoms with van der Waals surface area (Å²) in [6, 6.07) is 0. The van der Waals surface area contributed by atoms with Gasteiger partial charge in [0.05, 0.1) is 0 Å². The minimum atomic E-state index is -1.61. The summed E-state index contributed by atoms with van der Waals surface area (Å²) in [6.45, 7) is 16.7. The highest BCUT2D eigenvalue weighted by molar-refractivity contribution is 6.74. The number of terminal acetylenes is 1. The summed E-state index contributed by atoms with van der Waals surface area (Å²) in [5.41, 5.74) is 0. The summed E-state index contributed by atoms with van der Waals surface area (Å²) in [7, 11) is -1.61. The lowest BCUT2D eigenvalue weighted by molar-refractivity contribution is 0.259. The molecular weight excluding hydrogens is 248 g/mol. The molecule has 0 radical (unpaired) electrons. The first kappa shape index (κ1) is 16.5. The Bertz CT molecular complexity index is 370. The Kier molecular flexibility index (Phi) is 5.09. The molecular formula is C17H30OSi. The van der Waals surface area contributed by atoms with Crippen LogP contribution >= 0.6 is 0 Å². The van der Waals surface area contributed by atoms with E-state index in [4.69, 9.17) is 10.8 Å². The molecule has 0 aromatic heterocycles. The van der Waals surface area contributed by atoms with Crippen molar-refractivity contribution in [1.82, 2.24) is 0 Å². The molecule has 1 nitrogen and oxygen atoms in total. The first-order valence-electron chi connectivity index (χ1n) is 7.38. The fourth-order valence-corrected chi connectivity index (χ4v) is 3.09. The maximum atomic E-state index is 6.24. The topological polar surface area (TPSA) is 9.23 Å². The molecule has 0 aromatic rings. The van der Waals surface area contributed by atoms with Crippen LogP contribution in [-0.2, 0) is 4.43 Å². The highest BCUT2D eigenvalue weighted by Crippen LogP contribution is 2.46. The van der Waals surface area contributed by atoms with Crippen molar-refractivity contribution >= 4 is 8.32 Å². The van der Waals surface area contributed by atoms with Gasteiger partial charge in [-0.2, -0.15) is 0 Å². The molecule has 19 heavy (non-hydrogen) atoms. The molecule has 0 saturated heterocycles. The van der Waals surface area contributed by atoms with E-state index < -0.39 is 8.32 Å². The van der Waals surface area contributed by atoms with Crippen LogP contribution in [0.1, 0.15) is 34.6 Å². The van der Waals surface area contributed by atoms with Crippen LogP contribution < -0.4 is 0 Å². The highest BCUT2D eigenvalue weighted by Gasteiger charge is 2.43. The van der Waals surface area contributed by atoms with Crippen molar-refractivity contribution in [3.63, 3.8) is 0 Å². The van der Waals surface area contributed by atoms with Crippen LogP contribution in [0.3, 0.4) is 0 Å². The monoisotopic (exact) mass is 278 g/mol. The molecule has 0 aliphatic heterocycles. The standard InChI is InChI=1S/C17H30OSi/c1-9-15-14(3)16(15)11-10-13(2)12-18-19(7,8)17(4,5)6/h1,10-11,13-16H,12H2,2-8H3/b11-10+/t13-,14+,15+,16+/m1/s1. The lowest BCUT2D eigenvalue weighted by Crippen LogP contribution is -2.41. The van der Waals surface area contributed by atoms with Gasteiger partial charge in [-0.1, -0.05) is 46.8 Å². The zero-order chi connectivity index (χ0) is 14.8. The number of rotatable bonds is 5. The zero-order valence-corrected chi connectivity index (χ0v) is 14.7. The summed E-state index contributed by atoms with van der Waals surface area (Å²) in [6.07, 6.45) is 10.1. The van der Waals surface area contributed by atoms with E-state index in [1.54, 1.807) is 0 Å². The molecule has 1 fully saturated rings. The van der Waals surface area contributed by atoms with Crippen molar-refractivity contribution in [2.24, 2.45) is 23.7 Å². The first-order chi connectivity index (χ1) is 8.60.